The molecule has 0 saturated carbocycles. The molecule has 1 aromatic carbocycles. The van der Waals surface area contributed by atoms with Crippen LogP contribution in [0.2, 0.25) is 18.1 Å². The van der Waals surface area contributed by atoms with Crippen molar-refractivity contribution in [1.82, 2.24) is 4.57 Å². The van der Waals surface area contributed by atoms with Gasteiger partial charge in [-0.25, -0.2) is 4.79 Å². The third kappa shape index (κ3) is 3.59. The maximum absolute atomic E-state index is 13.2. The van der Waals surface area contributed by atoms with Crippen LogP contribution in [-0.4, -0.2) is 41.6 Å². The molecule has 1 fully saturated rings. The van der Waals surface area contributed by atoms with E-state index < -0.39 is 25.7 Å². The highest BCUT2D eigenvalue weighted by molar-refractivity contribution is 6.80. The summed E-state index contributed by atoms with van der Waals surface area (Å²) in [5.74, 6) is -1.58. The molecule has 1 aliphatic rings. The van der Waals surface area contributed by atoms with Crippen LogP contribution in [0, 0.1) is 5.92 Å². The lowest BCUT2D eigenvalue weighted by atomic mass is 9.69. The van der Waals surface area contributed by atoms with E-state index in [-0.39, 0.29) is 10.9 Å². The van der Waals surface area contributed by atoms with Gasteiger partial charge in [-0.1, -0.05) is 64.2 Å². The van der Waals surface area contributed by atoms with E-state index in [2.05, 4.69) is 33.9 Å². The first-order valence-electron chi connectivity index (χ1n) is 9.55. The zero-order valence-corrected chi connectivity index (χ0v) is 18.0. The van der Waals surface area contributed by atoms with Crippen molar-refractivity contribution in [1.29, 1.82) is 0 Å². The van der Waals surface area contributed by atoms with E-state index >= 15 is 0 Å². The summed E-state index contributed by atoms with van der Waals surface area (Å²) in [6.07, 6.45) is 2.45. The summed E-state index contributed by atoms with van der Waals surface area (Å²) in [7, 11) is -2.39. The third-order valence-electron chi connectivity index (χ3n) is 6.39. The molecule has 27 heavy (non-hydrogen) atoms. The molecule has 1 heterocycles. The number of amides is 1. The van der Waals surface area contributed by atoms with Gasteiger partial charge in [0.1, 0.15) is 11.8 Å². The molecule has 0 aliphatic carbocycles. The van der Waals surface area contributed by atoms with E-state index in [1.807, 2.05) is 30.3 Å². The van der Waals surface area contributed by atoms with Crippen LogP contribution < -0.4 is 0 Å². The molecule has 148 valence electrons. The predicted molar refractivity (Wildman–Crippen MR) is 108 cm³/mol. The number of unbranched alkanes of at least 4 members (excludes halogenated alkanes) is 1. The van der Waals surface area contributed by atoms with Gasteiger partial charge in [-0.2, -0.15) is 0 Å². The number of β-lactam (4-membered cyclic amide) rings is 1. The Hall–Kier alpha value is -1.95. The van der Waals surface area contributed by atoms with Crippen LogP contribution in [-0.2, 0) is 20.8 Å². The van der Waals surface area contributed by atoms with Crippen molar-refractivity contribution in [3.8, 4) is 0 Å². The maximum Gasteiger partial charge on any atom is 0.330 e. The fourth-order valence-corrected chi connectivity index (χ4v) is 6.66. The van der Waals surface area contributed by atoms with Crippen LogP contribution in [0.3, 0.4) is 0 Å². The second kappa shape index (κ2) is 7.58. The van der Waals surface area contributed by atoms with Crippen LogP contribution in [0.5, 0.6) is 0 Å². The van der Waals surface area contributed by atoms with Gasteiger partial charge in [0.05, 0.1) is 5.92 Å². The molecule has 0 spiro atoms. The molecule has 0 unspecified atom stereocenters. The van der Waals surface area contributed by atoms with E-state index in [1.54, 1.807) is 4.57 Å². The van der Waals surface area contributed by atoms with Gasteiger partial charge in [0.2, 0.25) is 5.91 Å². The fourth-order valence-electron chi connectivity index (χ4n) is 3.95. The molecule has 6 heteroatoms. The van der Waals surface area contributed by atoms with Gasteiger partial charge in [0.25, 0.3) is 0 Å². The topological polar surface area (TPSA) is 74.7 Å². The number of carbonyl (C=O) groups excluding carboxylic acids is 2. The zero-order chi connectivity index (χ0) is 20.5. The molecule has 5 nitrogen and oxygen atoms in total. The lowest BCUT2D eigenvalue weighted by molar-refractivity contribution is -0.179. The average Bonchev–Trinajstić information content (AvgIpc) is 2.57. The SMILES string of the molecule is CC(C)(C)[Si](C)(C)N1C(=O)[C@H](CCCC=O)[C@@]1(Cc1ccccc1)C(=O)O. The van der Waals surface area contributed by atoms with E-state index in [4.69, 9.17) is 0 Å². The van der Waals surface area contributed by atoms with Crippen molar-refractivity contribution in [2.75, 3.05) is 0 Å². The first-order chi connectivity index (χ1) is 12.5. The monoisotopic (exact) mass is 389 g/mol. The molecule has 2 rings (SSSR count). The van der Waals surface area contributed by atoms with Gasteiger partial charge >= 0.3 is 5.97 Å². The molecule has 1 N–H and O–H groups in total. The average molecular weight is 390 g/mol. The number of aliphatic carboxylic acids is 1. The van der Waals surface area contributed by atoms with E-state index in [0.717, 1.165) is 11.8 Å². The lowest BCUT2D eigenvalue weighted by Gasteiger charge is -2.63. The predicted octanol–water partition coefficient (Wildman–Crippen LogP) is 3.89. The summed E-state index contributed by atoms with van der Waals surface area (Å²) in [6.45, 7) is 10.4. The Labute approximate surface area is 162 Å². The summed E-state index contributed by atoms with van der Waals surface area (Å²) < 4.78 is 1.74. The van der Waals surface area contributed by atoms with Gasteiger partial charge in [-0.3, -0.25) is 4.79 Å². The number of hydrogen-bond donors (Lipinski definition) is 1. The standard InChI is InChI=1S/C21H31NO4Si/c1-20(2,3)27(4,5)22-18(24)17(13-9-10-14-23)21(22,19(25)26)15-16-11-7-6-8-12-16/h6-8,11-12,14,17H,9-10,13,15H2,1-5H3,(H,25,26)/t17-,21-/m0/s1. The summed E-state index contributed by atoms with van der Waals surface area (Å²) in [4.78, 5) is 36.5. The minimum Gasteiger partial charge on any atom is -0.479 e. The number of aldehydes is 1. The highest BCUT2D eigenvalue weighted by atomic mass is 28.3. The Bertz CT molecular complexity index is 711. The highest BCUT2D eigenvalue weighted by Crippen LogP contribution is 2.52. The normalized spacial score (nSPS) is 23.1. The molecule has 1 saturated heterocycles. The van der Waals surface area contributed by atoms with Crippen molar-refractivity contribution in [3.63, 3.8) is 0 Å². The van der Waals surface area contributed by atoms with Gasteiger partial charge < -0.3 is 14.5 Å². The number of benzene rings is 1. The summed E-state index contributed by atoms with van der Waals surface area (Å²) in [5, 5.41) is 10.2. The highest BCUT2D eigenvalue weighted by Gasteiger charge is 2.69. The third-order valence-corrected chi connectivity index (χ3v) is 11.8. The van der Waals surface area contributed by atoms with Crippen LogP contribution in [0.25, 0.3) is 0 Å². The molecule has 0 aromatic heterocycles. The van der Waals surface area contributed by atoms with Crippen LogP contribution in [0.15, 0.2) is 30.3 Å². The maximum atomic E-state index is 13.2. The number of carboxylic acid groups (broad SMARTS) is 1. The molecule has 1 amide bonds. The van der Waals surface area contributed by atoms with Crippen molar-refractivity contribution < 1.29 is 19.5 Å². The Kier molecular flexibility index (Phi) is 5.99. The zero-order valence-electron chi connectivity index (χ0n) is 17.0. The number of carboxylic acids is 1. The van der Waals surface area contributed by atoms with Crippen LogP contribution in [0.4, 0.5) is 0 Å². The second-order valence-electron chi connectivity index (χ2n) is 9.02. The van der Waals surface area contributed by atoms with Crippen molar-refractivity contribution in [2.24, 2.45) is 5.92 Å². The Morgan fingerprint density at radius 1 is 1.26 bits per heavy atom. The van der Waals surface area contributed by atoms with E-state index in [1.165, 1.54) is 0 Å². The Morgan fingerprint density at radius 2 is 1.85 bits per heavy atom. The van der Waals surface area contributed by atoms with Crippen molar-refractivity contribution in [2.45, 2.75) is 70.1 Å². The number of hydrogen-bond acceptors (Lipinski definition) is 3. The molecule has 0 bridgehead atoms. The molecule has 0 radical (unpaired) electrons. The van der Waals surface area contributed by atoms with E-state index in [9.17, 15) is 19.5 Å². The minimum absolute atomic E-state index is 0.0641. The number of rotatable bonds is 8. The Balaban J connectivity index is 2.52. The smallest absolute Gasteiger partial charge is 0.330 e. The quantitative estimate of drug-likeness (QED) is 0.317. The minimum atomic E-state index is -2.39. The number of carbonyl (C=O) groups is 3. The summed E-state index contributed by atoms with van der Waals surface area (Å²) >= 11 is 0. The Morgan fingerprint density at radius 3 is 2.33 bits per heavy atom. The molecular formula is C21H31NO4Si. The van der Waals surface area contributed by atoms with Crippen molar-refractivity contribution in [3.05, 3.63) is 35.9 Å². The molecule has 1 aromatic rings. The van der Waals surface area contributed by atoms with Gasteiger partial charge in [0.15, 0.2) is 8.24 Å². The van der Waals surface area contributed by atoms with Crippen LogP contribution in [0.1, 0.15) is 45.6 Å². The first-order valence-corrected chi connectivity index (χ1v) is 12.5. The fraction of sp³-hybridized carbons (Fsp3) is 0.571. The van der Waals surface area contributed by atoms with Crippen molar-refractivity contribution >= 4 is 26.4 Å². The van der Waals surface area contributed by atoms with Crippen LogP contribution >= 0.6 is 0 Å². The lowest BCUT2D eigenvalue weighted by Crippen LogP contribution is -2.83. The molecular weight excluding hydrogens is 358 g/mol. The van der Waals surface area contributed by atoms with Gasteiger partial charge in [-0.15, -0.1) is 0 Å². The number of nitrogens with zero attached hydrogens (tertiary/aromatic N) is 1. The van der Waals surface area contributed by atoms with E-state index in [0.29, 0.717) is 25.7 Å². The largest absolute Gasteiger partial charge is 0.479 e. The summed E-state index contributed by atoms with van der Waals surface area (Å²) in [5.41, 5.74) is -0.318. The van der Waals surface area contributed by atoms with Gasteiger partial charge in [-0.05, 0) is 23.4 Å². The summed E-state index contributed by atoms with van der Waals surface area (Å²) in [6, 6.07) is 9.52. The first kappa shape index (κ1) is 21.3. The second-order valence-corrected chi connectivity index (χ2v) is 14.1. The van der Waals surface area contributed by atoms with Gasteiger partial charge in [0, 0.05) is 12.8 Å². The molecule has 2 atom stereocenters. The molecule has 1 aliphatic heterocycles.